The monoisotopic (exact) mass is 282 g/mol. The van der Waals surface area contributed by atoms with Gasteiger partial charge in [-0.05, 0) is 41.5 Å². The van der Waals surface area contributed by atoms with Gasteiger partial charge < -0.3 is 9.47 Å². The van der Waals surface area contributed by atoms with Crippen LogP contribution in [0.1, 0.15) is 0 Å². The molecule has 0 radical (unpaired) electrons. The third-order valence-corrected chi connectivity index (χ3v) is 3.02. The Balaban J connectivity index is 2.50. The van der Waals surface area contributed by atoms with Crippen molar-refractivity contribution < 1.29 is 9.47 Å². The van der Waals surface area contributed by atoms with Crippen molar-refractivity contribution in [3.05, 3.63) is 46.4 Å². The number of rotatable bonds is 3. The Morgan fingerprint density at radius 2 is 1.33 bits per heavy atom. The molecule has 4 heteroatoms. The third-order valence-electron chi connectivity index (χ3n) is 2.58. The maximum absolute atomic E-state index is 5.99. The molecule has 0 saturated carbocycles. The smallest absolute Gasteiger partial charge is 0.161 e. The Bertz CT molecular complexity index is 547. The van der Waals surface area contributed by atoms with E-state index < -0.39 is 0 Å². The van der Waals surface area contributed by atoms with E-state index in [-0.39, 0.29) is 0 Å². The van der Waals surface area contributed by atoms with Crippen molar-refractivity contribution in [3.63, 3.8) is 0 Å². The van der Waals surface area contributed by atoms with Crippen LogP contribution in [0.3, 0.4) is 0 Å². The van der Waals surface area contributed by atoms with Gasteiger partial charge in [-0.1, -0.05) is 29.3 Å². The molecule has 0 aliphatic heterocycles. The minimum absolute atomic E-state index is 0.604. The van der Waals surface area contributed by atoms with E-state index in [1.54, 1.807) is 20.3 Å². The van der Waals surface area contributed by atoms with Crippen LogP contribution >= 0.6 is 23.2 Å². The van der Waals surface area contributed by atoms with Gasteiger partial charge in [0.1, 0.15) is 0 Å². The van der Waals surface area contributed by atoms with Crippen LogP contribution in [0.4, 0.5) is 0 Å². The zero-order valence-electron chi connectivity index (χ0n) is 10.0. The van der Waals surface area contributed by atoms with Gasteiger partial charge in [0.2, 0.25) is 0 Å². The van der Waals surface area contributed by atoms with Crippen LogP contribution in [0.5, 0.6) is 11.5 Å². The van der Waals surface area contributed by atoms with Gasteiger partial charge in [0.25, 0.3) is 0 Å². The molecule has 2 rings (SSSR count). The lowest BCUT2D eigenvalue weighted by Gasteiger charge is -2.10. The molecule has 0 unspecified atom stereocenters. The van der Waals surface area contributed by atoms with Crippen LogP contribution < -0.4 is 9.47 Å². The van der Waals surface area contributed by atoms with E-state index in [9.17, 15) is 0 Å². The Hall–Kier alpha value is -1.38. The fourth-order valence-electron chi connectivity index (χ4n) is 1.74. The highest BCUT2D eigenvalue weighted by Crippen LogP contribution is 2.34. The Kier molecular flexibility index (Phi) is 4.00. The first-order chi connectivity index (χ1) is 8.63. The average molecular weight is 283 g/mol. The lowest BCUT2D eigenvalue weighted by molar-refractivity contribution is 0.355. The molecule has 0 aromatic heterocycles. The van der Waals surface area contributed by atoms with Crippen LogP contribution in [0.25, 0.3) is 11.1 Å². The van der Waals surface area contributed by atoms with Gasteiger partial charge in [0.15, 0.2) is 11.5 Å². The molecule has 0 fully saturated rings. The second-order valence-corrected chi connectivity index (χ2v) is 4.60. The Morgan fingerprint density at radius 3 is 1.89 bits per heavy atom. The van der Waals surface area contributed by atoms with Gasteiger partial charge in [0.05, 0.1) is 14.2 Å². The summed E-state index contributed by atoms with van der Waals surface area (Å²) < 4.78 is 10.5. The Labute approximate surface area is 116 Å². The van der Waals surface area contributed by atoms with E-state index >= 15 is 0 Å². The van der Waals surface area contributed by atoms with Crippen molar-refractivity contribution >= 4 is 23.2 Å². The molecular formula is C14H12Cl2O2. The summed E-state index contributed by atoms with van der Waals surface area (Å²) >= 11 is 12.0. The first kappa shape index (κ1) is 13.1. The average Bonchev–Trinajstić information content (AvgIpc) is 2.36. The summed E-state index contributed by atoms with van der Waals surface area (Å²) in [5.74, 6) is 1.36. The minimum Gasteiger partial charge on any atom is -0.493 e. The summed E-state index contributed by atoms with van der Waals surface area (Å²) in [7, 11) is 3.21. The molecule has 2 nitrogen and oxygen atoms in total. The molecule has 94 valence electrons. The maximum Gasteiger partial charge on any atom is 0.161 e. The largest absolute Gasteiger partial charge is 0.493 e. The summed E-state index contributed by atoms with van der Waals surface area (Å²) in [6, 6.07) is 11.1. The first-order valence-corrected chi connectivity index (χ1v) is 6.08. The first-order valence-electron chi connectivity index (χ1n) is 5.32. The van der Waals surface area contributed by atoms with Gasteiger partial charge in [-0.3, -0.25) is 0 Å². The van der Waals surface area contributed by atoms with Gasteiger partial charge in [-0.15, -0.1) is 0 Å². The number of halogens is 2. The fraction of sp³-hybridized carbons (Fsp3) is 0.143. The minimum atomic E-state index is 0.604. The highest BCUT2D eigenvalue weighted by atomic mass is 35.5. The SMILES string of the molecule is COc1ccc(-c2cc(Cl)cc(Cl)c2)cc1OC. The highest BCUT2D eigenvalue weighted by molar-refractivity contribution is 6.35. The summed E-state index contributed by atoms with van der Waals surface area (Å²) in [6.45, 7) is 0. The van der Waals surface area contributed by atoms with Crippen LogP contribution in [0.15, 0.2) is 36.4 Å². The lowest BCUT2D eigenvalue weighted by Crippen LogP contribution is -1.90. The highest BCUT2D eigenvalue weighted by Gasteiger charge is 2.07. The van der Waals surface area contributed by atoms with Gasteiger partial charge in [-0.2, -0.15) is 0 Å². The van der Waals surface area contributed by atoms with Crippen LogP contribution in [0.2, 0.25) is 10.0 Å². The second-order valence-electron chi connectivity index (χ2n) is 3.73. The topological polar surface area (TPSA) is 18.5 Å². The van der Waals surface area contributed by atoms with Gasteiger partial charge >= 0.3 is 0 Å². The summed E-state index contributed by atoms with van der Waals surface area (Å²) in [4.78, 5) is 0. The van der Waals surface area contributed by atoms with Crippen LogP contribution in [-0.4, -0.2) is 14.2 Å². The molecule has 0 bridgehead atoms. The molecule has 0 aliphatic carbocycles. The predicted molar refractivity (Wildman–Crippen MR) is 75.0 cm³/mol. The summed E-state index contributed by atoms with van der Waals surface area (Å²) in [6.07, 6.45) is 0. The van der Waals surface area contributed by atoms with Crippen molar-refractivity contribution in [3.8, 4) is 22.6 Å². The zero-order valence-corrected chi connectivity index (χ0v) is 11.5. The van der Waals surface area contributed by atoms with E-state index in [1.165, 1.54) is 0 Å². The van der Waals surface area contributed by atoms with Crippen molar-refractivity contribution in [2.75, 3.05) is 14.2 Å². The van der Waals surface area contributed by atoms with Crippen molar-refractivity contribution in [2.24, 2.45) is 0 Å². The third kappa shape index (κ3) is 2.71. The molecule has 0 spiro atoms. The molecule has 0 saturated heterocycles. The van der Waals surface area contributed by atoms with Crippen LogP contribution in [0, 0.1) is 0 Å². The van der Waals surface area contributed by atoms with E-state index in [0.717, 1.165) is 11.1 Å². The van der Waals surface area contributed by atoms with E-state index in [1.807, 2.05) is 30.3 Å². The molecule has 2 aromatic carbocycles. The molecule has 0 aliphatic rings. The Morgan fingerprint density at radius 1 is 0.722 bits per heavy atom. The molecule has 0 N–H and O–H groups in total. The van der Waals surface area contributed by atoms with Gasteiger partial charge in [0, 0.05) is 10.0 Å². The molecule has 18 heavy (non-hydrogen) atoms. The lowest BCUT2D eigenvalue weighted by atomic mass is 10.1. The maximum atomic E-state index is 5.99. The van der Waals surface area contributed by atoms with Crippen molar-refractivity contribution in [1.82, 2.24) is 0 Å². The quantitative estimate of drug-likeness (QED) is 0.814. The zero-order chi connectivity index (χ0) is 13.1. The number of hydrogen-bond acceptors (Lipinski definition) is 2. The predicted octanol–water partition coefficient (Wildman–Crippen LogP) is 4.68. The van der Waals surface area contributed by atoms with E-state index in [2.05, 4.69) is 0 Å². The summed E-state index contributed by atoms with van der Waals surface area (Å²) in [5.41, 5.74) is 1.91. The molecule has 0 amide bonds. The molecule has 2 aromatic rings. The number of ether oxygens (including phenoxy) is 2. The van der Waals surface area contributed by atoms with E-state index in [0.29, 0.717) is 21.5 Å². The summed E-state index contributed by atoms with van der Waals surface area (Å²) in [5, 5.41) is 1.21. The fourth-order valence-corrected chi connectivity index (χ4v) is 2.26. The number of methoxy groups -OCH3 is 2. The number of benzene rings is 2. The van der Waals surface area contributed by atoms with E-state index in [4.69, 9.17) is 32.7 Å². The van der Waals surface area contributed by atoms with Crippen molar-refractivity contribution in [1.29, 1.82) is 0 Å². The standard InChI is InChI=1S/C14H12Cl2O2/c1-17-13-4-3-9(7-14(13)18-2)10-5-11(15)8-12(16)6-10/h3-8H,1-2H3. The van der Waals surface area contributed by atoms with Gasteiger partial charge in [-0.25, -0.2) is 0 Å². The second kappa shape index (κ2) is 5.51. The molecular weight excluding hydrogens is 271 g/mol. The van der Waals surface area contributed by atoms with Crippen molar-refractivity contribution in [2.45, 2.75) is 0 Å². The molecule has 0 atom stereocenters. The van der Waals surface area contributed by atoms with Crippen LogP contribution in [-0.2, 0) is 0 Å². The molecule has 0 heterocycles. The number of hydrogen-bond donors (Lipinski definition) is 0. The normalized spacial score (nSPS) is 10.2.